The molecule has 0 aliphatic carbocycles. The van der Waals surface area contributed by atoms with Gasteiger partial charge in [0.15, 0.2) is 5.75 Å². The predicted molar refractivity (Wildman–Crippen MR) is 67.9 cm³/mol. The van der Waals surface area contributed by atoms with Crippen molar-refractivity contribution < 1.29 is 9.66 Å². The number of hydrogen-bond acceptors (Lipinski definition) is 5. The zero-order valence-electron chi connectivity index (χ0n) is 8.71. The maximum absolute atomic E-state index is 10.8. The molecule has 0 N–H and O–H groups in total. The third-order valence-corrected chi connectivity index (χ3v) is 2.97. The summed E-state index contributed by atoms with van der Waals surface area (Å²) in [6.45, 7) is 0. The van der Waals surface area contributed by atoms with E-state index >= 15 is 0 Å². The van der Waals surface area contributed by atoms with Gasteiger partial charge < -0.3 is 4.74 Å². The van der Waals surface area contributed by atoms with Gasteiger partial charge in [0.05, 0.1) is 4.92 Å². The van der Waals surface area contributed by atoms with E-state index in [0.29, 0.717) is 0 Å². The van der Waals surface area contributed by atoms with Crippen LogP contribution in [0.4, 0.5) is 5.69 Å². The van der Waals surface area contributed by atoms with E-state index in [0.717, 1.165) is 0 Å². The molecule has 1 aromatic carbocycles. The minimum Gasteiger partial charge on any atom is -0.437 e. The zero-order valence-corrected chi connectivity index (χ0v) is 11.1. The van der Waals surface area contributed by atoms with Crippen molar-refractivity contribution in [1.29, 1.82) is 0 Å². The monoisotopic (exact) mass is 329 g/mol. The van der Waals surface area contributed by atoms with Gasteiger partial charge in [-0.05, 0) is 22.0 Å². The first-order valence-electron chi connectivity index (χ1n) is 4.66. The second-order valence-electron chi connectivity index (χ2n) is 3.13. The molecule has 1 heterocycles. The first-order valence-corrected chi connectivity index (χ1v) is 5.83. The normalized spacial score (nSPS) is 10.1. The number of benzene rings is 1. The van der Waals surface area contributed by atoms with E-state index in [-0.39, 0.29) is 26.9 Å². The van der Waals surface area contributed by atoms with Gasteiger partial charge in [0.1, 0.15) is 16.0 Å². The number of nitro benzene ring substituents is 1. The first-order chi connectivity index (χ1) is 8.58. The number of nitro groups is 1. The Labute approximate surface area is 115 Å². The fourth-order valence-electron chi connectivity index (χ4n) is 1.20. The summed E-state index contributed by atoms with van der Waals surface area (Å²) in [7, 11) is 0. The van der Waals surface area contributed by atoms with Gasteiger partial charge in [0.2, 0.25) is 5.88 Å². The Balaban J connectivity index is 2.35. The number of hydrogen-bond donors (Lipinski definition) is 0. The standard InChI is InChI=1S/C10H5BrClN3O3/c11-10-6(15(16)17)2-1-3-7(10)18-9-4-8(12)13-5-14-9/h1-5H. The van der Waals surface area contributed by atoms with Gasteiger partial charge in [0.25, 0.3) is 5.69 Å². The Morgan fingerprint density at radius 1 is 1.39 bits per heavy atom. The predicted octanol–water partition coefficient (Wildman–Crippen LogP) is 3.59. The van der Waals surface area contributed by atoms with Crippen molar-refractivity contribution in [2.45, 2.75) is 0 Å². The second kappa shape index (κ2) is 5.28. The molecule has 0 unspecified atom stereocenters. The highest BCUT2D eigenvalue weighted by molar-refractivity contribution is 9.10. The van der Waals surface area contributed by atoms with Gasteiger partial charge in [-0.25, -0.2) is 9.97 Å². The van der Waals surface area contributed by atoms with Gasteiger partial charge in [-0.15, -0.1) is 0 Å². The quantitative estimate of drug-likeness (QED) is 0.488. The molecule has 1 aromatic heterocycles. The van der Waals surface area contributed by atoms with Crippen molar-refractivity contribution in [2.75, 3.05) is 0 Å². The topological polar surface area (TPSA) is 78.2 Å². The maximum atomic E-state index is 10.8. The van der Waals surface area contributed by atoms with Crippen molar-refractivity contribution in [3.05, 3.63) is 50.3 Å². The molecule has 0 bridgehead atoms. The van der Waals surface area contributed by atoms with Crippen molar-refractivity contribution in [3.8, 4) is 11.6 Å². The molecule has 0 radical (unpaired) electrons. The molecule has 0 saturated heterocycles. The molecule has 0 saturated carbocycles. The van der Waals surface area contributed by atoms with Crippen molar-refractivity contribution in [1.82, 2.24) is 9.97 Å². The SMILES string of the molecule is O=[N+]([O-])c1cccc(Oc2cc(Cl)ncn2)c1Br. The lowest BCUT2D eigenvalue weighted by atomic mass is 10.3. The van der Waals surface area contributed by atoms with Crippen LogP contribution in [0.3, 0.4) is 0 Å². The van der Waals surface area contributed by atoms with Crippen LogP contribution < -0.4 is 4.74 Å². The van der Waals surface area contributed by atoms with E-state index < -0.39 is 4.92 Å². The van der Waals surface area contributed by atoms with Crippen molar-refractivity contribution >= 4 is 33.2 Å². The van der Waals surface area contributed by atoms with E-state index in [1.165, 1.54) is 24.5 Å². The molecule has 2 aromatic rings. The van der Waals surface area contributed by atoms with Gasteiger partial charge in [-0.2, -0.15) is 0 Å². The molecule has 0 amide bonds. The highest BCUT2D eigenvalue weighted by atomic mass is 79.9. The average Bonchev–Trinajstić information content (AvgIpc) is 2.31. The van der Waals surface area contributed by atoms with Gasteiger partial charge in [-0.1, -0.05) is 17.7 Å². The van der Waals surface area contributed by atoms with Gasteiger partial charge in [0, 0.05) is 12.1 Å². The fraction of sp³-hybridized carbons (Fsp3) is 0. The summed E-state index contributed by atoms with van der Waals surface area (Å²) >= 11 is 8.80. The summed E-state index contributed by atoms with van der Waals surface area (Å²) in [5.74, 6) is 0.482. The van der Waals surface area contributed by atoms with Crippen LogP contribution >= 0.6 is 27.5 Å². The molecule has 0 atom stereocenters. The van der Waals surface area contributed by atoms with E-state index in [2.05, 4.69) is 25.9 Å². The van der Waals surface area contributed by atoms with E-state index in [4.69, 9.17) is 16.3 Å². The molecule has 0 aliphatic heterocycles. The summed E-state index contributed by atoms with van der Waals surface area (Å²) in [4.78, 5) is 17.8. The van der Waals surface area contributed by atoms with Crippen LogP contribution in [0.25, 0.3) is 0 Å². The minimum absolute atomic E-state index is 0.0901. The lowest BCUT2D eigenvalue weighted by Crippen LogP contribution is -1.93. The molecular formula is C10H5BrClN3O3. The molecule has 0 fully saturated rings. The number of aromatic nitrogens is 2. The molecule has 0 aliphatic rings. The van der Waals surface area contributed by atoms with Crippen molar-refractivity contribution in [2.24, 2.45) is 0 Å². The van der Waals surface area contributed by atoms with Crippen molar-refractivity contribution in [3.63, 3.8) is 0 Å². The number of halogens is 2. The van der Waals surface area contributed by atoms with Crippen LogP contribution in [-0.2, 0) is 0 Å². The minimum atomic E-state index is -0.510. The molecule has 6 nitrogen and oxygen atoms in total. The number of nitrogens with zero attached hydrogens (tertiary/aromatic N) is 3. The third-order valence-electron chi connectivity index (χ3n) is 1.96. The highest BCUT2D eigenvalue weighted by Crippen LogP contribution is 2.36. The van der Waals surface area contributed by atoms with Crippen LogP contribution in [0, 0.1) is 10.1 Å². The smallest absolute Gasteiger partial charge is 0.287 e. The average molecular weight is 331 g/mol. The largest absolute Gasteiger partial charge is 0.437 e. The van der Waals surface area contributed by atoms with Crippen LogP contribution in [0.1, 0.15) is 0 Å². The Morgan fingerprint density at radius 3 is 2.83 bits per heavy atom. The molecule has 0 spiro atoms. The Hall–Kier alpha value is -1.73. The first kappa shape index (κ1) is 12.7. The van der Waals surface area contributed by atoms with Crippen LogP contribution in [-0.4, -0.2) is 14.9 Å². The highest BCUT2D eigenvalue weighted by Gasteiger charge is 2.16. The van der Waals surface area contributed by atoms with E-state index in [9.17, 15) is 10.1 Å². The second-order valence-corrected chi connectivity index (χ2v) is 4.31. The Morgan fingerprint density at radius 2 is 2.17 bits per heavy atom. The Bertz CT molecular complexity index is 609. The molecular weight excluding hydrogens is 325 g/mol. The van der Waals surface area contributed by atoms with Gasteiger partial charge in [-0.3, -0.25) is 10.1 Å². The molecule has 92 valence electrons. The maximum Gasteiger partial charge on any atom is 0.287 e. The summed E-state index contributed by atoms with van der Waals surface area (Å²) in [5, 5.41) is 11.0. The van der Waals surface area contributed by atoms with Crippen LogP contribution in [0.2, 0.25) is 5.15 Å². The zero-order chi connectivity index (χ0) is 13.1. The summed E-state index contributed by atoms with van der Waals surface area (Å²) in [6, 6.07) is 5.87. The number of ether oxygens (including phenoxy) is 1. The third kappa shape index (κ3) is 2.74. The summed E-state index contributed by atoms with van der Waals surface area (Å²) < 4.78 is 5.63. The summed E-state index contributed by atoms with van der Waals surface area (Å²) in [5.41, 5.74) is -0.0901. The molecule has 18 heavy (non-hydrogen) atoms. The molecule has 2 rings (SSSR count). The lowest BCUT2D eigenvalue weighted by Gasteiger charge is -2.06. The van der Waals surface area contributed by atoms with E-state index in [1.807, 2.05) is 0 Å². The summed E-state index contributed by atoms with van der Waals surface area (Å²) in [6.07, 6.45) is 1.24. The van der Waals surface area contributed by atoms with E-state index in [1.54, 1.807) is 6.07 Å². The number of rotatable bonds is 3. The van der Waals surface area contributed by atoms with Crippen LogP contribution in [0.5, 0.6) is 11.6 Å². The fourth-order valence-corrected chi connectivity index (χ4v) is 1.83. The van der Waals surface area contributed by atoms with Crippen LogP contribution in [0.15, 0.2) is 35.1 Å². The van der Waals surface area contributed by atoms with Gasteiger partial charge >= 0.3 is 0 Å². The Kier molecular flexibility index (Phi) is 3.73. The lowest BCUT2D eigenvalue weighted by molar-refractivity contribution is -0.385. The molecule has 8 heteroatoms.